The molecule has 0 fully saturated rings. The lowest BCUT2D eigenvalue weighted by Gasteiger charge is -2.09. The van der Waals surface area contributed by atoms with Gasteiger partial charge in [0.25, 0.3) is 0 Å². The molecule has 0 atom stereocenters. The fourth-order valence-electron chi connectivity index (χ4n) is 1.76. The Morgan fingerprint density at radius 3 is 2.64 bits per heavy atom. The number of ether oxygens (including phenoxy) is 1. The van der Waals surface area contributed by atoms with Gasteiger partial charge in [-0.05, 0) is 44.0 Å². The zero-order valence-corrected chi connectivity index (χ0v) is 13.4. The van der Waals surface area contributed by atoms with Gasteiger partial charge in [-0.25, -0.2) is 0 Å². The van der Waals surface area contributed by atoms with Gasteiger partial charge in [-0.15, -0.1) is 0 Å². The smallest absolute Gasteiger partial charge is 0.244 e. The van der Waals surface area contributed by atoms with Crippen LogP contribution in [0, 0.1) is 0 Å². The molecule has 1 rings (SSSR count). The predicted octanol–water partition coefficient (Wildman–Crippen LogP) is 2.13. The number of hydrogen-bond acceptors (Lipinski definition) is 3. The maximum Gasteiger partial charge on any atom is 0.244 e. The second-order valence-corrected chi connectivity index (χ2v) is 5.20. The minimum Gasteiger partial charge on any atom is -0.491 e. The molecule has 0 aliphatic heterocycles. The normalized spacial score (nSPS) is 10.7. The Kier molecular flexibility index (Phi) is 7.75. The highest BCUT2D eigenvalue weighted by molar-refractivity contribution is 5.91. The van der Waals surface area contributed by atoms with Gasteiger partial charge in [0.05, 0.1) is 6.10 Å². The van der Waals surface area contributed by atoms with Crippen molar-refractivity contribution >= 4 is 17.9 Å². The molecule has 5 heteroatoms. The van der Waals surface area contributed by atoms with E-state index >= 15 is 0 Å². The van der Waals surface area contributed by atoms with Gasteiger partial charge in [-0.2, -0.15) is 0 Å². The summed E-state index contributed by atoms with van der Waals surface area (Å²) in [6, 6.07) is 7.58. The summed E-state index contributed by atoms with van der Waals surface area (Å²) in [7, 11) is 0. The van der Waals surface area contributed by atoms with E-state index in [9.17, 15) is 9.59 Å². The van der Waals surface area contributed by atoms with E-state index in [2.05, 4.69) is 10.6 Å². The first-order valence-corrected chi connectivity index (χ1v) is 7.44. The van der Waals surface area contributed by atoms with Crippen molar-refractivity contribution in [3.8, 4) is 5.75 Å². The first-order valence-electron chi connectivity index (χ1n) is 7.44. The largest absolute Gasteiger partial charge is 0.491 e. The van der Waals surface area contributed by atoms with Gasteiger partial charge in [0.2, 0.25) is 11.8 Å². The Labute approximate surface area is 131 Å². The summed E-state index contributed by atoms with van der Waals surface area (Å²) in [5, 5.41) is 5.44. The molecule has 2 amide bonds. The second kappa shape index (κ2) is 9.60. The van der Waals surface area contributed by atoms with E-state index in [4.69, 9.17) is 4.74 Å². The first-order chi connectivity index (χ1) is 10.5. The molecular weight excluding hydrogens is 280 g/mol. The second-order valence-electron chi connectivity index (χ2n) is 5.20. The van der Waals surface area contributed by atoms with Crippen molar-refractivity contribution < 1.29 is 14.3 Å². The van der Waals surface area contributed by atoms with Crippen molar-refractivity contribution in [3.05, 3.63) is 35.9 Å². The van der Waals surface area contributed by atoms with Crippen molar-refractivity contribution in [1.29, 1.82) is 0 Å². The lowest BCUT2D eigenvalue weighted by molar-refractivity contribution is -0.119. The molecule has 0 unspecified atom stereocenters. The van der Waals surface area contributed by atoms with Gasteiger partial charge in [0, 0.05) is 26.1 Å². The van der Waals surface area contributed by atoms with Crippen LogP contribution in [-0.2, 0) is 9.59 Å². The molecule has 0 radical (unpaired) electrons. The molecule has 0 saturated carbocycles. The van der Waals surface area contributed by atoms with Crippen LogP contribution < -0.4 is 15.4 Å². The summed E-state index contributed by atoms with van der Waals surface area (Å²) < 4.78 is 5.60. The molecule has 1 aromatic rings. The Morgan fingerprint density at radius 2 is 1.95 bits per heavy atom. The van der Waals surface area contributed by atoms with Gasteiger partial charge in [-0.3, -0.25) is 9.59 Å². The topological polar surface area (TPSA) is 67.4 Å². The van der Waals surface area contributed by atoms with Gasteiger partial charge >= 0.3 is 0 Å². The Bertz CT molecular complexity index is 524. The predicted molar refractivity (Wildman–Crippen MR) is 87.6 cm³/mol. The molecule has 2 N–H and O–H groups in total. The molecule has 120 valence electrons. The van der Waals surface area contributed by atoms with E-state index in [1.807, 2.05) is 38.1 Å². The lowest BCUT2D eigenvalue weighted by Crippen LogP contribution is -2.27. The highest BCUT2D eigenvalue weighted by atomic mass is 16.5. The molecule has 0 saturated heterocycles. The molecule has 22 heavy (non-hydrogen) atoms. The maximum absolute atomic E-state index is 11.7. The van der Waals surface area contributed by atoms with Gasteiger partial charge < -0.3 is 15.4 Å². The maximum atomic E-state index is 11.7. The third kappa shape index (κ3) is 8.09. The van der Waals surface area contributed by atoms with Crippen molar-refractivity contribution in [2.45, 2.75) is 33.3 Å². The van der Waals surface area contributed by atoms with Crippen LogP contribution in [0.2, 0.25) is 0 Å². The first kappa shape index (κ1) is 17.8. The molecule has 0 aromatic heterocycles. The van der Waals surface area contributed by atoms with Crippen LogP contribution in [0.1, 0.15) is 32.8 Å². The Hall–Kier alpha value is -2.30. The van der Waals surface area contributed by atoms with Crippen molar-refractivity contribution in [1.82, 2.24) is 10.6 Å². The van der Waals surface area contributed by atoms with E-state index in [-0.39, 0.29) is 17.9 Å². The molecule has 5 nitrogen and oxygen atoms in total. The molecule has 0 aliphatic carbocycles. The molecule has 0 aliphatic rings. The lowest BCUT2D eigenvalue weighted by atomic mass is 10.2. The van der Waals surface area contributed by atoms with Gasteiger partial charge in [-0.1, -0.05) is 12.1 Å². The minimum absolute atomic E-state index is 0.0604. The summed E-state index contributed by atoms with van der Waals surface area (Å²) in [4.78, 5) is 22.3. The molecule has 0 bridgehead atoms. The highest BCUT2D eigenvalue weighted by Crippen LogP contribution is 2.15. The van der Waals surface area contributed by atoms with E-state index in [1.54, 1.807) is 6.08 Å². The zero-order valence-electron chi connectivity index (χ0n) is 13.4. The van der Waals surface area contributed by atoms with Crippen LogP contribution in [0.25, 0.3) is 6.08 Å². The average Bonchev–Trinajstić information content (AvgIpc) is 2.44. The summed E-state index contributed by atoms with van der Waals surface area (Å²) in [5.41, 5.74) is 0.909. The van der Waals surface area contributed by atoms with E-state index in [0.29, 0.717) is 19.5 Å². The quantitative estimate of drug-likeness (QED) is 0.571. The average molecular weight is 304 g/mol. The monoisotopic (exact) mass is 304 g/mol. The number of hydrogen-bond donors (Lipinski definition) is 2. The van der Waals surface area contributed by atoms with Gasteiger partial charge in [0.1, 0.15) is 5.75 Å². The number of carbonyl (C=O) groups excluding carboxylic acids is 2. The summed E-state index contributed by atoms with van der Waals surface area (Å²) in [6.07, 6.45) is 4.06. The van der Waals surface area contributed by atoms with Crippen molar-refractivity contribution in [2.75, 3.05) is 13.1 Å². The van der Waals surface area contributed by atoms with Crippen LogP contribution >= 0.6 is 0 Å². The summed E-state index contributed by atoms with van der Waals surface area (Å²) in [5.74, 6) is 0.570. The Balaban J connectivity index is 2.37. The van der Waals surface area contributed by atoms with E-state index < -0.39 is 0 Å². The third-order valence-electron chi connectivity index (χ3n) is 2.68. The van der Waals surface area contributed by atoms with Crippen LogP contribution in [0.4, 0.5) is 0 Å². The zero-order chi connectivity index (χ0) is 16.4. The van der Waals surface area contributed by atoms with Crippen molar-refractivity contribution in [2.24, 2.45) is 0 Å². The minimum atomic E-state index is -0.155. The molecule has 0 spiro atoms. The summed E-state index contributed by atoms with van der Waals surface area (Å²) >= 11 is 0. The molecule has 1 aromatic carbocycles. The van der Waals surface area contributed by atoms with E-state index in [0.717, 1.165) is 11.3 Å². The molecular formula is C17H24N2O3. The SMILES string of the molecule is CC(=O)NCCCNC(=O)/C=C/c1cccc(OC(C)C)c1. The number of nitrogens with one attached hydrogen (secondary N) is 2. The number of benzene rings is 1. The van der Waals surface area contributed by atoms with Crippen molar-refractivity contribution in [3.63, 3.8) is 0 Å². The third-order valence-corrected chi connectivity index (χ3v) is 2.68. The standard InChI is InChI=1S/C17H24N2O3/c1-13(2)22-16-7-4-6-15(12-16)8-9-17(21)19-11-5-10-18-14(3)20/h4,6-9,12-13H,5,10-11H2,1-3H3,(H,18,20)(H,19,21)/b9-8+. The van der Waals surface area contributed by atoms with E-state index in [1.165, 1.54) is 13.0 Å². The van der Waals surface area contributed by atoms with Gasteiger partial charge in [0.15, 0.2) is 0 Å². The summed E-state index contributed by atoms with van der Waals surface area (Å²) in [6.45, 7) is 6.50. The fraction of sp³-hybridized carbons (Fsp3) is 0.412. The number of amides is 2. The number of carbonyl (C=O) groups is 2. The Morgan fingerprint density at radius 1 is 1.23 bits per heavy atom. The van der Waals surface area contributed by atoms with Crippen LogP contribution in [0.15, 0.2) is 30.3 Å². The van der Waals surface area contributed by atoms with Crippen LogP contribution in [0.5, 0.6) is 5.75 Å². The highest BCUT2D eigenvalue weighted by Gasteiger charge is 1.99. The van der Waals surface area contributed by atoms with Crippen LogP contribution in [-0.4, -0.2) is 31.0 Å². The molecule has 0 heterocycles. The van der Waals surface area contributed by atoms with Crippen LogP contribution in [0.3, 0.4) is 0 Å². The fourth-order valence-corrected chi connectivity index (χ4v) is 1.76. The number of rotatable bonds is 8.